The van der Waals surface area contributed by atoms with Crippen LogP contribution in [0.25, 0.3) is 0 Å². The SMILES string of the molecule is CN1CCC(Oc2ccc(I)cc2C2NC(=O)CC(c3cccc(Cl)c3)C23C(=O)Nc2cc(Cl)ccc23)CC1. The van der Waals surface area contributed by atoms with Crippen LogP contribution in [0, 0.1) is 3.57 Å². The maximum Gasteiger partial charge on any atom is 0.238 e. The van der Waals surface area contributed by atoms with Gasteiger partial charge in [0.1, 0.15) is 17.3 Å². The molecule has 3 aliphatic rings. The van der Waals surface area contributed by atoms with E-state index in [1.807, 2.05) is 42.5 Å². The molecule has 3 aliphatic heterocycles. The topological polar surface area (TPSA) is 70.7 Å². The van der Waals surface area contributed by atoms with E-state index in [9.17, 15) is 9.59 Å². The fraction of sp³-hybridized carbons (Fsp3) is 0.333. The van der Waals surface area contributed by atoms with Gasteiger partial charge in [0.05, 0.1) is 6.04 Å². The summed E-state index contributed by atoms with van der Waals surface area (Å²) in [4.78, 5) is 30.0. The number of anilines is 1. The van der Waals surface area contributed by atoms with E-state index in [0.29, 0.717) is 21.5 Å². The Kier molecular flexibility index (Phi) is 7.29. The number of nitrogens with zero attached hydrogens (tertiary/aromatic N) is 1. The summed E-state index contributed by atoms with van der Waals surface area (Å²) < 4.78 is 7.62. The zero-order chi connectivity index (χ0) is 27.3. The molecule has 0 aromatic heterocycles. The predicted octanol–water partition coefficient (Wildman–Crippen LogP) is 6.31. The Balaban J connectivity index is 1.55. The number of ether oxygens (including phenoxy) is 1. The van der Waals surface area contributed by atoms with Crippen molar-refractivity contribution in [3.63, 3.8) is 0 Å². The van der Waals surface area contributed by atoms with Gasteiger partial charge in [-0.15, -0.1) is 0 Å². The summed E-state index contributed by atoms with van der Waals surface area (Å²) in [6, 6.07) is 18.3. The van der Waals surface area contributed by atoms with Gasteiger partial charge in [0.25, 0.3) is 0 Å². The van der Waals surface area contributed by atoms with Gasteiger partial charge in [-0.25, -0.2) is 0 Å². The molecule has 0 aliphatic carbocycles. The van der Waals surface area contributed by atoms with Crippen LogP contribution in [0.15, 0.2) is 60.7 Å². The summed E-state index contributed by atoms with van der Waals surface area (Å²) in [7, 11) is 2.12. The second-order valence-electron chi connectivity index (χ2n) is 10.6. The first-order chi connectivity index (χ1) is 18.8. The molecule has 3 heterocycles. The molecule has 3 unspecified atom stereocenters. The number of halogens is 3. The first-order valence-corrected chi connectivity index (χ1v) is 14.9. The lowest BCUT2D eigenvalue weighted by atomic mass is 9.59. The molecule has 6 rings (SSSR count). The summed E-state index contributed by atoms with van der Waals surface area (Å²) in [5.74, 6) is -0.0863. The summed E-state index contributed by atoms with van der Waals surface area (Å²) in [6.45, 7) is 1.92. The van der Waals surface area contributed by atoms with Crippen molar-refractivity contribution >= 4 is 63.3 Å². The number of nitrogens with one attached hydrogen (secondary N) is 2. The van der Waals surface area contributed by atoms with E-state index in [1.54, 1.807) is 18.2 Å². The largest absolute Gasteiger partial charge is 0.490 e. The van der Waals surface area contributed by atoms with Crippen molar-refractivity contribution in [2.75, 3.05) is 25.5 Å². The average Bonchev–Trinajstić information content (AvgIpc) is 3.18. The van der Waals surface area contributed by atoms with Crippen LogP contribution < -0.4 is 15.4 Å². The van der Waals surface area contributed by atoms with Crippen LogP contribution in [0.4, 0.5) is 5.69 Å². The highest BCUT2D eigenvalue weighted by Gasteiger charge is 2.61. The highest BCUT2D eigenvalue weighted by Crippen LogP contribution is 2.58. The third-order valence-corrected chi connectivity index (χ3v) is 9.39. The molecule has 0 radical (unpaired) electrons. The number of hydrogen-bond donors (Lipinski definition) is 2. The third kappa shape index (κ3) is 4.81. The molecule has 3 aromatic carbocycles. The van der Waals surface area contributed by atoms with E-state index >= 15 is 0 Å². The fourth-order valence-electron chi connectivity index (χ4n) is 6.40. The minimum Gasteiger partial charge on any atom is -0.490 e. The van der Waals surface area contributed by atoms with E-state index in [4.69, 9.17) is 27.9 Å². The van der Waals surface area contributed by atoms with E-state index in [1.165, 1.54) is 0 Å². The average molecular weight is 676 g/mol. The monoisotopic (exact) mass is 675 g/mol. The number of likely N-dealkylation sites (tertiary alicyclic amines) is 1. The quantitative estimate of drug-likeness (QED) is 0.319. The number of fused-ring (bicyclic) bond motifs is 2. The highest BCUT2D eigenvalue weighted by molar-refractivity contribution is 14.1. The van der Waals surface area contributed by atoms with Gasteiger partial charge >= 0.3 is 0 Å². The molecule has 1 spiro atoms. The molecule has 6 nitrogen and oxygen atoms in total. The molecule has 0 bridgehead atoms. The molecule has 2 fully saturated rings. The number of carbonyl (C=O) groups excluding carboxylic acids is 2. The van der Waals surface area contributed by atoms with Gasteiger partial charge < -0.3 is 20.3 Å². The molecule has 9 heteroatoms. The van der Waals surface area contributed by atoms with Gasteiger partial charge in [-0.05, 0) is 96.1 Å². The van der Waals surface area contributed by atoms with Crippen molar-refractivity contribution < 1.29 is 14.3 Å². The Morgan fingerprint density at radius 3 is 2.54 bits per heavy atom. The van der Waals surface area contributed by atoms with Crippen molar-refractivity contribution in [3.8, 4) is 5.75 Å². The molecular weight excluding hydrogens is 648 g/mol. The second-order valence-corrected chi connectivity index (χ2v) is 12.7. The maximum absolute atomic E-state index is 14.3. The lowest BCUT2D eigenvalue weighted by Crippen LogP contribution is -2.57. The van der Waals surface area contributed by atoms with Crippen LogP contribution in [-0.2, 0) is 15.0 Å². The first kappa shape index (κ1) is 26.9. The lowest BCUT2D eigenvalue weighted by Gasteiger charge is -2.47. The van der Waals surface area contributed by atoms with Crippen molar-refractivity contribution in [2.45, 2.75) is 42.7 Å². The Morgan fingerprint density at radius 2 is 1.77 bits per heavy atom. The summed E-state index contributed by atoms with van der Waals surface area (Å²) in [5.41, 5.74) is 1.94. The molecule has 3 atom stereocenters. The second kappa shape index (κ2) is 10.6. The van der Waals surface area contributed by atoms with Crippen LogP contribution in [0.3, 0.4) is 0 Å². The molecule has 0 saturated carbocycles. The molecule has 39 heavy (non-hydrogen) atoms. The number of rotatable bonds is 4. The van der Waals surface area contributed by atoms with Gasteiger partial charge in [0.2, 0.25) is 11.8 Å². The number of amides is 2. The van der Waals surface area contributed by atoms with E-state index in [2.05, 4.69) is 45.2 Å². The van der Waals surface area contributed by atoms with Crippen molar-refractivity contribution in [2.24, 2.45) is 0 Å². The van der Waals surface area contributed by atoms with Crippen molar-refractivity contribution in [1.29, 1.82) is 0 Å². The van der Waals surface area contributed by atoms with Gasteiger partial charge in [-0.1, -0.05) is 41.4 Å². The molecule has 2 amide bonds. The van der Waals surface area contributed by atoms with Crippen LogP contribution in [0.5, 0.6) is 5.75 Å². The van der Waals surface area contributed by atoms with Crippen LogP contribution >= 0.6 is 45.8 Å². The standard InChI is InChI=1S/C30H28Cl2IN3O3/c1-36-11-9-21(10-12-36)39-26-8-6-20(33)15-22(26)28-30(23-7-5-19(32)14-25(23)34-29(30)38)24(16-27(37)35-28)17-3-2-4-18(31)13-17/h2-8,13-15,21,24,28H,9-12,16H2,1H3,(H,34,38)(H,35,37). The zero-order valence-electron chi connectivity index (χ0n) is 21.3. The van der Waals surface area contributed by atoms with E-state index in [0.717, 1.165) is 46.2 Å². The van der Waals surface area contributed by atoms with Gasteiger partial charge in [0.15, 0.2) is 0 Å². The molecular formula is C30H28Cl2IN3O3. The first-order valence-electron chi connectivity index (χ1n) is 13.1. The zero-order valence-corrected chi connectivity index (χ0v) is 25.0. The summed E-state index contributed by atoms with van der Waals surface area (Å²) >= 11 is 15.0. The van der Waals surface area contributed by atoms with Gasteiger partial charge in [-0.2, -0.15) is 0 Å². The number of piperidine rings is 2. The van der Waals surface area contributed by atoms with Gasteiger partial charge in [0, 0.05) is 50.3 Å². The predicted molar refractivity (Wildman–Crippen MR) is 162 cm³/mol. The minimum atomic E-state index is -1.14. The minimum absolute atomic E-state index is 0.0578. The normalized spacial score (nSPS) is 25.3. The number of benzene rings is 3. The fourth-order valence-corrected chi connectivity index (χ4v) is 7.29. The van der Waals surface area contributed by atoms with E-state index in [-0.39, 0.29) is 24.3 Å². The Labute approximate surface area is 251 Å². The molecule has 3 aromatic rings. The maximum atomic E-state index is 14.3. The van der Waals surface area contributed by atoms with Gasteiger partial charge in [-0.3, -0.25) is 9.59 Å². The summed E-state index contributed by atoms with van der Waals surface area (Å²) in [6.07, 6.45) is 2.03. The van der Waals surface area contributed by atoms with Crippen LogP contribution in [0.2, 0.25) is 10.0 Å². The molecule has 2 saturated heterocycles. The van der Waals surface area contributed by atoms with E-state index < -0.39 is 17.4 Å². The van der Waals surface area contributed by atoms with Crippen LogP contribution in [0.1, 0.15) is 47.9 Å². The Bertz CT molecular complexity index is 1460. The Morgan fingerprint density at radius 1 is 1.00 bits per heavy atom. The Hall–Kier alpha value is -2.33. The lowest BCUT2D eigenvalue weighted by molar-refractivity contribution is -0.131. The third-order valence-electron chi connectivity index (χ3n) is 8.24. The van der Waals surface area contributed by atoms with Crippen molar-refractivity contribution in [3.05, 3.63) is 91.0 Å². The van der Waals surface area contributed by atoms with Crippen LogP contribution in [-0.4, -0.2) is 43.0 Å². The number of carbonyl (C=O) groups is 2. The summed E-state index contributed by atoms with van der Waals surface area (Å²) in [5, 5.41) is 7.40. The number of hydrogen-bond acceptors (Lipinski definition) is 4. The highest BCUT2D eigenvalue weighted by atomic mass is 127. The van der Waals surface area contributed by atoms with Crippen molar-refractivity contribution in [1.82, 2.24) is 10.2 Å². The molecule has 202 valence electrons. The smallest absolute Gasteiger partial charge is 0.238 e. The molecule has 2 N–H and O–H groups in total.